The molecule has 0 saturated carbocycles. The summed E-state index contributed by atoms with van der Waals surface area (Å²) in [6, 6.07) is 17.5. The number of hydrogen-bond acceptors (Lipinski definition) is 3. The Labute approximate surface area is 174 Å². The summed E-state index contributed by atoms with van der Waals surface area (Å²) in [5, 5.41) is 2.99. The van der Waals surface area contributed by atoms with Gasteiger partial charge < -0.3 is 16.0 Å². The van der Waals surface area contributed by atoms with E-state index in [0.717, 1.165) is 30.0 Å². The molecule has 4 nitrogen and oxygen atoms in total. The number of halogens is 2. The first-order chi connectivity index (χ1) is 12.1. The maximum Gasteiger partial charge on any atom is 0.248 e. The van der Waals surface area contributed by atoms with Gasteiger partial charge in [0.2, 0.25) is 5.91 Å². The monoisotopic (exact) mass is 409 g/mol. The first-order valence-electron chi connectivity index (χ1n) is 9.08. The van der Waals surface area contributed by atoms with E-state index in [9.17, 15) is 4.79 Å². The number of nitrogens with zero attached hydrogens (tertiary/aromatic N) is 1. The third kappa shape index (κ3) is 5.86. The number of hydrogen-bond donors (Lipinski definition) is 2. The van der Waals surface area contributed by atoms with Gasteiger partial charge in [0.1, 0.15) is 5.54 Å². The highest BCUT2D eigenvalue weighted by atomic mass is 35.5. The Morgan fingerprint density at radius 2 is 1.59 bits per heavy atom. The van der Waals surface area contributed by atoms with Crippen molar-refractivity contribution in [2.45, 2.75) is 38.1 Å². The van der Waals surface area contributed by atoms with Crippen LogP contribution in [0, 0.1) is 0 Å². The molecule has 1 saturated heterocycles. The topological polar surface area (TPSA) is 58.4 Å². The van der Waals surface area contributed by atoms with Gasteiger partial charge in [0, 0.05) is 24.5 Å². The molecule has 1 aliphatic heterocycles. The van der Waals surface area contributed by atoms with Gasteiger partial charge in [-0.25, -0.2) is 0 Å². The molecule has 0 bridgehead atoms. The Hall–Kier alpha value is -1.75. The number of rotatable bonds is 4. The normalized spacial score (nSPS) is 16.1. The number of nitrogens with two attached hydrogens (primary N) is 1. The molecule has 1 amide bonds. The fourth-order valence-corrected chi connectivity index (χ4v) is 3.29. The minimum Gasteiger partial charge on any atom is -0.371 e. The third-order valence-corrected chi connectivity index (χ3v) is 4.92. The minimum absolute atomic E-state index is 0. The van der Waals surface area contributed by atoms with Gasteiger partial charge in [-0.2, -0.15) is 0 Å². The van der Waals surface area contributed by atoms with Gasteiger partial charge in [0.05, 0.1) is 0 Å². The largest absolute Gasteiger partial charge is 0.371 e. The average molecular weight is 410 g/mol. The van der Waals surface area contributed by atoms with Crippen LogP contribution in [-0.4, -0.2) is 19.0 Å². The summed E-state index contributed by atoms with van der Waals surface area (Å²) in [5.74, 6) is -0.202. The van der Waals surface area contributed by atoms with Gasteiger partial charge >= 0.3 is 0 Å². The van der Waals surface area contributed by atoms with Gasteiger partial charge in [-0.15, -0.1) is 24.8 Å². The molecule has 148 valence electrons. The summed E-state index contributed by atoms with van der Waals surface area (Å²) in [5.41, 5.74) is 8.00. The fourth-order valence-electron chi connectivity index (χ4n) is 3.29. The molecule has 6 heteroatoms. The standard InChI is InChI=1S/C21H27N3O.2ClH/c1-21(22,17-10-5-4-6-11-17)20(25)23-18-12-9-13-19(16-18)24-14-7-2-3-8-15-24;;/h4-6,9-13,16H,2-3,7-8,14-15,22H2,1H3,(H,23,25);2*1H. The van der Waals surface area contributed by atoms with Gasteiger partial charge in [0.25, 0.3) is 0 Å². The van der Waals surface area contributed by atoms with Gasteiger partial charge in [-0.1, -0.05) is 49.2 Å². The molecule has 2 aromatic carbocycles. The van der Waals surface area contributed by atoms with Crippen LogP contribution in [0.2, 0.25) is 0 Å². The third-order valence-electron chi connectivity index (χ3n) is 4.92. The Bertz CT molecular complexity index is 714. The van der Waals surface area contributed by atoms with Crippen molar-refractivity contribution in [3.05, 3.63) is 60.2 Å². The van der Waals surface area contributed by atoms with E-state index in [2.05, 4.69) is 16.3 Å². The molecule has 0 spiro atoms. The van der Waals surface area contributed by atoms with E-state index in [0.29, 0.717) is 0 Å². The van der Waals surface area contributed by atoms with Crippen molar-refractivity contribution >= 4 is 42.1 Å². The van der Waals surface area contributed by atoms with Crippen molar-refractivity contribution in [3.8, 4) is 0 Å². The van der Waals surface area contributed by atoms with E-state index in [1.165, 1.54) is 25.7 Å². The molecule has 1 fully saturated rings. The molecule has 1 heterocycles. The van der Waals surface area contributed by atoms with Crippen molar-refractivity contribution in [2.24, 2.45) is 5.73 Å². The van der Waals surface area contributed by atoms with Gasteiger partial charge in [-0.3, -0.25) is 4.79 Å². The van der Waals surface area contributed by atoms with E-state index < -0.39 is 5.54 Å². The van der Waals surface area contributed by atoms with Gasteiger partial charge in [-0.05, 0) is 43.5 Å². The second kappa shape index (κ2) is 10.5. The highest BCUT2D eigenvalue weighted by molar-refractivity contribution is 5.98. The fraction of sp³-hybridized carbons (Fsp3) is 0.381. The van der Waals surface area contributed by atoms with E-state index in [4.69, 9.17) is 5.73 Å². The van der Waals surface area contributed by atoms with E-state index in [-0.39, 0.29) is 30.7 Å². The second-order valence-electron chi connectivity index (χ2n) is 6.97. The molecule has 1 aliphatic rings. The molecule has 3 N–H and O–H groups in total. The lowest BCUT2D eigenvalue weighted by Gasteiger charge is -2.26. The maximum atomic E-state index is 12.7. The predicted molar refractivity (Wildman–Crippen MR) is 118 cm³/mol. The molecular formula is C21H29Cl2N3O. The van der Waals surface area contributed by atoms with E-state index in [1.54, 1.807) is 6.92 Å². The number of amides is 1. The highest BCUT2D eigenvalue weighted by Gasteiger charge is 2.30. The lowest BCUT2D eigenvalue weighted by atomic mass is 9.92. The summed E-state index contributed by atoms with van der Waals surface area (Å²) in [6.07, 6.45) is 5.06. The predicted octanol–water partition coefficient (Wildman–Crippen LogP) is 4.72. The van der Waals surface area contributed by atoms with Crippen LogP contribution in [0.5, 0.6) is 0 Å². The zero-order valence-corrected chi connectivity index (χ0v) is 17.3. The van der Waals surface area contributed by atoms with Crippen molar-refractivity contribution in [3.63, 3.8) is 0 Å². The summed E-state index contributed by atoms with van der Waals surface area (Å²) >= 11 is 0. The van der Waals surface area contributed by atoms with Crippen LogP contribution in [0.4, 0.5) is 11.4 Å². The average Bonchev–Trinajstić information content (AvgIpc) is 2.92. The Morgan fingerprint density at radius 1 is 0.963 bits per heavy atom. The minimum atomic E-state index is -1.07. The lowest BCUT2D eigenvalue weighted by molar-refractivity contribution is -0.120. The van der Waals surface area contributed by atoms with Crippen molar-refractivity contribution in [1.82, 2.24) is 0 Å². The maximum absolute atomic E-state index is 12.7. The molecule has 0 aliphatic carbocycles. The van der Waals surface area contributed by atoms with Crippen LogP contribution in [0.15, 0.2) is 54.6 Å². The number of benzene rings is 2. The molecule has 2 aromatic rings. The molecular weight excluding hydrogens is 381 g/mol. The van der Waals surface area contributed by atoms with Crippen LogP contribution in [0.3, 0.4) is 0 Å². The van der Waals surface area contributed by atoms with Gasteiger partial charge in [0.15, 0.2) is 0 Å². The Kier molecular flexibility index (Phi) is 9.10. The first kappa shape index (κ1) is 23.3. The molecule has 1 atom stereocenters. The Balaban J connectivity index is 0.00000182. The first-order valence-corrected chi connectivity index (χ1v) is 9.08. The van der Waals surface area contributed by atoms with Crippen LogP contribution in [-0.2, 0) is 10.3 Å². The molecule has 0 radical (unpaired) electrons. The lowest BCUT2D eigenvalue weighted by Crippen LogP contribution is -2.45. The SMILES string of the molecule is CC(N)(C(=O)Nc1cccc(N2CCCCCC2)c1)c1ccccc1.Cl.Cl. The van der Waals surface area contributed by atoms with Crippen molar-refractivity contribution < 1.29 is 4.79 Å². The summed E-state index contributed by atoms with van der Waals surface area (Å²) in [6.45, 7) is 3.91. The second-order valence-corrected chi connectivity index (χ2v) is 6.97. The van der Waals surface area contributed by atoms with E-state index in [1.807, 2.05) is 48.5 Å². The number of carbonyl (C=O) groups excluding carboxylic acids is 1. The number of carbonyl (C=O) groups is 1. The van der Waals surface area contributed by atoms with Crippen LogP contribution >= 0.6 is 24.8 Å². The number of nitrogens with one attached hydrogen (secondary N) is 1. The van der Waals surface area contributed by atoms with Crippen LogP contribution in [0.25, 0.3) is 0 Å². The van der Waals surface area contributed by atoms with Crippen LogP contribution in [0.1, 0.15) is 38.2 Å². The molecule has 3 rings (SSSR count). The number of anilines is 2. The summed E-state index contributed by atoms with van der Waals surface area (Å²) in [7, 11) is 0. The van der Waals surface area contributed by atoms with Crippen molar-refractivity contribution in [1.29, 1.82) is 0 Å². The molecule has 27 heavy (non-hydrogen) atoms. The summed E-state index contributed by atoms with van der Waals surface area (Å²) in [4.78, 5) is 15.1. The zero-order chi connectivity index (χ0) is 17.7. The molecule has 0 aromatic heterocycles. The quantitative estimate of drug-likeness (QED) is 0.767. The Morgan fingerprint density at radius 3 is 2.22 bits per heavy atom. The zero-order valence-electron chi connectivity index (χ0n) is 15.7. The van der Waals surface area contributed by atoms with E-state index >= 15 is 0 Å². The van der Waals surface area contributed by atoms with Crippen molar-refractivity contribution in [2.75, 3.05) is 23.3 Å². The highest BCUT2D eigenvalue weighted by Crippen LogP contribution is 2.25. The van der Waals surface area contributed by atoms with Crippen LogP contribution < -0.4 is 16.0 Å². The summed E-state index contributed by atoms with van der Waals surface area (Å²) < 4.78 is 0. The smallest absolute Gasteiger partial charge is 0.248 e. The molecule has 1 unspecified atom stereocenters.